The van der Waals surface area contributed by atoms with E-state index < -0.39 is 9.84 Å². The predicted molar refractivity (Wildman–Crippen MR) is 82.9 cm³/mol. The Morgan fingerprint density at radius 1 is 1.43 bits per heavy atom. The molecule has 0 saturated carbocycles. The monoisotopic (exact) mass is 312 g/mol. The van der Waals surface area contributed by atoms with Crippen LogP contribution in [0.25, 0.3) is 0 Å². The van der Waals surface area contributed by atoms with E-state index in [4.69, 9.17) is 10.5 Å². The van der Waals surface area contributed by atoms with Crippen LogP contribution in [0.1, 0.15) is 18.4 Å². The van der Waals surface area contributed by atoms with Gasteiger partial charge in [-0.15, -0.1) is 0 Å². The van der Waals surface area contributed by atoms with E-state index in [9.17, 15) is 8.42 Å². The van der Waals surface area contributed by atoms with Crippen molar-refractivity contribution in [3.8, 4) is 0 Å². The van der Waals surface area contributed by atoms with E-state index in [-0.39, 0.29) is 11.9 Å². The summed E-state index contributed by atoms with van der Waals surface area (Å²) in [5.41, 5.74) is 6.40. The largest absolute Gasteiger partial charge is 0.377 e. The highest BCUT2D eigenvalue weighted by Crippen LogP contribution is 2.15. The van der Waals surface area contributed by atoms with Gasteiger partial charge in [-0.3, -0.25) is 0 Å². The van der Waals surface area contributed by atoms with Crippen LogP contribution in [0.15, 0.2) is 29.2 Å². The lowest BCUT2D eigenvalue weighted by atomic mass is 10.2. The molecule has 118 valence electrons. The molecular formula is C15H24N2O3S. The number of rotatable bonds is 7. The van der Waals surface area contributed by atoms with Gasteiger partial charge in [0, 0.05) is 26.2 Å². The lowest BCUT2D eigenvalue weighted by Gasteiger charge is -2.20. The molecule has 0 aliphatic carbocycles. The molecule has 6 heteroatoms. The Morgan fingerprint density at radius 2 is 2.24 bits per heavy atom. The van der Waals surface area contributed by atoms with E-state index in [0.717, 1.165) is 31.6 Å². The molecule has 2 rings (SSSR count). The summed E-state index contributed by atoms with van der Waals surface area (Å²) in [4.78, 5) is 2.39. The molecule has 1 aromatic carbocycles. The molecule has 2 N–H and O–H groups in total. The summed E-state index contributed by atoms with van der Waals surface area (Å²) < 4.78 is 30.3. The van der Waals surface area contributed by atoms with Crippen LogP contribution < -0.4 is 5.73 Å². The first kappa shape index (κ1) is 16.4. The van der Waals surface area contributed by atoms with Crippen LogP contribution >= 0.6 is 0 Å². The van der Waals surface area contributed by atoms with E-state index in [0.29, 0.717) is 18.0 Å². The van der Waals surface area contributed by atoms with Crippen molar-refractivity contribution in [1.82, 2.24) is 4.90 Å². The maximum atomic E-state index is 12.3. The first-order valence-electron chi connectivity index (χ1n) is 7.33. The fraction of sp³-hybridized carbons (Fsp3) is 0.600. The average Bonchev–Trinajstić information content (AvgIpc) is 2.98. The molecule has 0 radical (unpaired) electrons. The number of nitrogens with two attached hydrogens (primary N) is 1. The van der Waals surface area contributed by atoms with Gasteiger partial charge in [0.25, 0.3) is 0 Å². The summed E-state index contributed by atoms with van der Waals surface area (Å²) in [6.45, 7) is 2.47. The van der Waals surface area contributed by atoms with Crippen molar-refractivity contribution in [3.05, 3.63) is 29.8 Å². The second kappa shape index (κ2) is 7.35. The summed E-state index contributed by atoms with van der Waals surface area (Å²) in [6.07, 6.45) is 2.41. The molecule has 1 heterocycles. The van der Waals surface area contributed by atoms with E-state index in [2.05, 4.69) is 0 Å². The summed E-state index contributed by atoms with van der Waals surface area (Å²) in [5, 5.41) is 0. The van der Waals surface area contributed by atoms with E-state index in [1.54, 1.807) is 18.2 Å². The number of sulfone groups is 1. The minimum Gasteiger partial charge on any atom is -0.377 e. The molecule has 1 unspecified atom stereocenters. The van der Waals surface area contributed by atoms with Gasteiger partial charge in [-0.25, -0.2) is 8.42 Å². The van der Waals surface area contributed by atoms with Gasteiger partial charge >= 0.3 is 0 Å². The molecule has 0 spiro atoms. The van der Waals surface area contributed by atoms with Crippen molar-refractivity contribution in [2.75, 3.05) is 32.5 Å². The molecule has 5 nitrogen and oxygen atoms in total. The maximum Gasteiger partial charge on any atom is 0.179 e. The molecule has 0 aromatic heterocycles. The van der Waals surface area contributed by atoms with Crippen LogP contribution in [0.5, 0.6) is 0 Å². The average molecular weight is 312 g/mol. The number of likely N-dealkylation sites (N-methyl/N-ethyl adjacent to an activating group) is 1. The topological polar surface area (TPSA) is 72.6 Å². The van der Waals surface area contributed by atoms with Gasteiger partial charge < -0.3 is 15.4 Å². The Labute approximate surface area is 127 Å². The molecule has 1 saturated heterocycles. The SMILES string of the molecule is CN(CCS(=O)(=O)c1cccc(CN)c1)CC1CCCO1. The van der Waals surface area contributed by atoms with Crippen LogP contribution in [0.3, 0.4) is 0 Å². The van der Waals surface area contributed by atoms with Crippen molar-refractivity contribution in [2.45, 2.75) is 30.4 Å². The Hall–Kier alpha value is -0.950. The number of hydrogen-bond donors (Lipinski definition) is 1. The van der Waals surface area contributed by atoms with Gasteiger partial charge in [0.15, 0.2) is 9.84 Å². The van der Waals surface area contributed by atoms with Crippen LogP contribution in [0, 0.1) is 0 Å². The van der Waals surface area contributed by atoms with Crippen molar-refractivity contribution in [1.29, 1.82) is 0 Å². The van der Waals surface area contributed by atoms with Crippen molar-refractivity contribution in [2.24, 2.45) is 5.73 Å². The number of nitrogens with zero attached hydrogens (tertiary/aromatic N) is 1. The molecule has 1 fully saturated rings. The molecule has 0 bridgehead atoms. The van der Waals surface area contributed by atoms with Crippen molar-refractivity contribution in [3.63, 3.8) is 0 Å². The Kier molecular flexibility index (Phi) is 5.75. The number of hydrogen-bond acceptors (Lipinski definition) is 5. The third-order valence-corrected chi connectivity index (χ3v) is 5.47. The zero-order chi connectivity index (χ0) is 15.3. The maximum absolute atomic E-state index is 12.3. The van der Waals surface area contributed by atoms with Crippen molar-refractivity contribution < 1.29 is 13.2 Å². The minimum atomic E-state index is -3.26. The zero-order valence-electron chi connectivity index (χ0n) is 12.5. The first-order chi connectivity index (χ1) is 10.0. The predicted octanol–water partition coefficient (Wildman–Crippen LogP) is 1.03. The first-order valence-corrected chi connectivity index (χ1v) is 8.98. The van der Waals surface area contributed by atoms with Gasteiger partial charge in [0.2, 0.25) is 0 Å². The quantitative estimate of drug-likeness (QED) is 0.814. The van der Waals surface area contributed by atoms with E-state index >= 15 is 0 Å². The minimum absolute atomic E-state index is 0.115. The van der Waals surface area contributed by atoms with Gasteiger partial charge in [0.1, 0.15) is 0 Å². The Balaban J connectivity index is 1.90. The molecule has 1 aliphatic rings. The molecule has 1 aliphatic heterocycles. The molecule has 0 amide bonds. The van der Waals surface area contributed by atoms with E-state index in [1.807, 2.05) is 18.0 Å². The highest BCUT2D eigenvalue weighted by atomic mass is 32.2. The summed E-state index contributed by atoms with van der Waals surface area (Å²) in [7, 11) is -1.32. The lowest BCUT2D eigenvalue weighted by molar-refractivity contribution is 0.0829. The second-order valence-corrected chi connectivity index (χ2v) is 7.68. The molecule has 21 heavy (non-hydrogen) atoms. The highest BCUT2D eigenvalue weighted by molar-refractivity contribution is 7.91. The fourth-order valence-corrected chi connectivity index (χ4v) is 3.89. The number of benzene rings is 1. The van der Waals surface area contributed by atoms with Gasteiger partial charge in [-0.2, -0.15) is 0 Å². The molecule has 1 atom stereocenters. The fourth-order valence-electron chi connectivity index (χ4n) is 2.49. The van der Waals surface area contributed by atoms with Crippen LogP contribution in [0.2, 0.25) is 0 Å². The Morgan fingerprint density at radius 3 is 2.90 bits per heavy atom. The molecule has 1 aromatic rings. The van der Waals surface area contributed by atoms with Gasteiger partial charge in [-0.1, -0.05) is 12.1 Å². The van der Waals surface area contributed by atoms with Crippen LogP contribution in [0.4, 0.5) is 0 Å². The summed E-state index contributed by atoms with van der Waals surface area (Å²) in [5.74, 6) is 0.115. The van der Waals surface area contributed by atoms with Gasteiger partial charge in [-0.05, 0) is 37.6 Å². The van der Waals surface area contributed by atoms with Crippen molar-refractivity contribution >= 4 is 9.84 Å². The third kappa shape index (κ3) is 4.78. The highest BCUT2D eigenvalue weighted by Gasteiger charge is 2.20. The lowest BCUT2D eigenvalue weighted by Crippen LogP contribution is -2.32. The molecular weight excluding hydrogens is 288 g/mol. The standard InChI is InChI=1S/C15H24N2O3S/c1-17(12-14-5-3-8-20-14)7-9-21(18,19)15-6-2-4-13(10-15)11-16/h2,4,6,10,14H,3,5,7-9,11-12,16H2,1H3. The van der Waals surface area contributed by atoms with Crippen LogP contribution in [-0.2, 0) is 21.1 Å². The van der Waals surface area contributed by atoms with Gasteiger partial charge in [0.05, 0.1) is 16.8 Å². The van der Waals surface area contributed by atoms with Crippen LogP contribution in [-0.4, -0.2) is 51.9 Å². The number of ether oxygens (including phenoxy) is 1. The summed E-state index contributed by atoms with van der Waals surface area (Å²) in [6, 6.07) is 6.87. The Bertz CT molecular complexity index is 554. The third-order valence-electron chi connectivity index (χ3n) is 3.77. The normalized spacial score (nSPS) is 19.3. The van der Waals surface area contributed by atoms with E-state index in [1.165, 1.54) is 0 Å². The smallest absolute Gasteiger partial charge is 0.179 e. The zero-order valence-corrected chi connectivity index (χ0v) is 13.3. The second-order valence-electron chi connectivity index (χ2n) is 5.57. The summed E-state index contributed by atoms with van der Waals surface area (Å²) >= 11 is 0.